The highest BCUT2D eigenvalue weighted by molar-refractivity contribution is 7.90. The molecule has 2 N–H and O–H groups in total. The Morgan fingerprint density at radius 3 is 2.42 bits per heavy atom. The van der Waals surface area contributed by atoms with E-state index < -0.39 is 21.8 Å². The average molecular weight is 195 g/mol. The summed E-state index contributed by atoms with van der Waals surface area (Å²) in [5.41, 5.74) is 0. The zero-order chi connectivity index (χ0) is 9.78. The maximum Gasteiger partial charge on any atom is 0.320 e. The molecular weight excluding hydrogens is 182 g/mol. The van der Waals surface area contributed by atoms with Gasteiger partial charge in [0.1, 0.15) is 15.9 Å². The summed E-state index contributed by atoms with van der Waals surface area (Å²) in [6.45, 7) is 1.64. The normalized spacial score (nSPS) is 14.2. The summed E-state index contributed by atoms with van der Waals surface area (Å²) in [5, 5.41) is 11.0. The summed E-state index contributed by atoms with van der Waals surface area (Å²) >= 11 is 0. The molecule has 0 saturated carbocycles. The Hall–Kier alpha value is -0.620. The van der Waals surface area contributed by atoms with Crippen LogP contribution in [0.4, 0.5) is 0 Å². The SMILES string of the molecule is C[C@H](NCCS(C)(=O)=O)C(=O)O. The molecule has 6 heteroatoms. The van der Waals surface area contributed by atoms with Gasteiger partial charge in [0, 0.05) is 12.8 Å². The van der Waals surface area contributed by atoms with E-state index in [0.29, 0.717) is 0 Å². The summed E-state index contributed by atoms with van der Waals surface area (Å²) in [4.78, 5) is 10.2. The topological polar surface area (TPSA) is 83.5 Å². The Morgan fingerprint density at radius 2 is 2.08 bits per heavy atom. The van der Waals surface area contributed by atoms with Crippen molar-refractivity contribution in [3.8, 4) is 0 Å². The molecule has 0 fully saturated rings. The van der Waals surface area contributed by atoms with Crippen LogP contribution in [0.25, 0.3) is 0 Å². The number of rotatable bonds is 5. The van der Waals surface area contributed by atoms with E-state index in [4.69, 9.17) is 5.11 Å². The number of hydrogen-bond acceptors (Lipinski definition) is 4. The predicted octanol–water partition coefficient (Wildman–Crippen LogP) is -0.906. The third-order valence-corrected chi connectivity index (χ3v) is 2.24. The molecule has 0 radical (unpaired) electrons. The minimum absolute atomic E-state index is 0.0371. The van der Waals surface area contributed by atoms with Crippen molar-refractivity contribution in [2.75, 3.05) is 18.6 Å². The van der Waals surface area contributed by atoms with E-state index in [0.717, 1.165) is 6.26 Å². The second-order valence-corrected chi connectivity index (χ2v) is 4.90. The van der Waals surface area contributed by atoms with Gasteiger partial charge in [-0.15, -0.1) is 0 Å². The molecule has 0 amide bonds. The Labute approximate surface area is 71.7 Å². The van der Waals surface area contributed by atoms with Gasteiger partial charge in [-0.05, 0) is 6.92 Å². The number of hydrogen-bond donors (Lipinski definition) is 2. The van der Waals surface area contributed by atoms with Crippen LogP contribution in [-0.4, -0.2) is 44.1 Å². The van der Waals surface area contributed by atoms with Gasteiger partial charge < -0.3 is 10.4 Å². The van der Waals surface area contributed by atoms with Crippen LogP contribution in [-0.2, 0) is 14.6 Å². The van der Waals surface area contributed by atoms with Crippen molar-refractivity contribution in [2.45, 2.75) is 13.0 Å². The van der Waals surface area contributed by atoms with Crippen LogP contribution in [0, 0.1) is 0 Å². The molecular formula is C6H13NO4S. The second-order valence-electron chi connectivity index (χ2n) is 2.64. The van der Waals surface area contributed by atoms with E-state index in [1.165, 1.54) is 6.92 Å². The fourth-order valence-corrected chi connectivity index (χ4v) is 1.04. The molecule has 0 spiro atoms. The van der Waals surface area contributed by atoms with Gasteiger partial charge in [-0.3, -0.25) is 4.79 Å². The first-order valence-corrected chi connectivity index (χ1v) is 5.53. The van der Waals surface area contributed by atoms with E-state index >= 15 is 0 Å². The van der Waals surface area contributed by atoms with Crippen molar-refractivity contribution in [2.24, 2.45) is 0 Å². The van der Waals surface area contributed by atoms with E-state index in [1.807, 2.05) is 0 Å². The first kappa shape index (κ1) is 11.4. The second kappa shape index (κ2) is 4.42. The van der Waals surface area contributed by atoms with Gasteiger partial charge in [-0.1, -0.05) is 0 Å². The summed E-state index contributed by atoms with van der Waals surface area (Å²) in [6, 6.07) is -0.702. The Balaban J connectivity index is 3.65. The lowest BCUT2D eigenvalue weighted by Gasteiger charge is -2.07. The van der Waals surface area contributed by atoms with Crippen molar-refractivity contribution in [1.29, 1.82) is 0 Å². The van der Waals surface area contributed by atoms with Crippen LogP contribution in [0.3, 0.4) is 0 Å². The summed E-state index contributed by atoms with van der Waals surface area (Å²) < 4.78 is 21.2. The van der Waals surface area contributed by atoms with Crippen LogP contribution in [0.1, 0.15) is 6.92 Å². The quantitative estimate of drug-likeness (QED) is 0.593. The molecule has 0 unspecified atom stereocenters. The van der Waals surface area contributed by atoms with Gasteiger partial charge in [-0.2, -0.15) is 0 Å². The molecule has 12 heavy (non-hydrogen) atoms. The van der Waals surface area contributed by atoms with E-state index in [-0.39, 0.29) is 12.3 Å². The fraction of sp³-hybridized carbons (Fsp3) is 0.833. The number of carboxylic acid groups (broad SMARTS) is 1. The highest BCUT2D eigenvalue weighted by atomic mass is 32.2. The maximum absolute atomic E-state index is 10.6. The number of sulfone groups is 1. The molecule has 1 atom stereocenters. The lowest BCUT2D eigenvalue weighted by atomic mass is 10.3. The minimum atomic E-state index is -3.00. The standard InChI is InChI=1S/C6H13NO4S/c1-5(6(8)9)7-3-4-12(2,10)11/h5,7H,3-4H2,1-2H3,(H,8,9)/t5-/m0/s1. The molecule has 0 aliphatic carbocycles. The average Bonchev–Trinajstić information content (AvgIpc) is 1.84. The Morgan fingerprint density at radius 1 is 1.58 bits per heavy atom. The van der Waals surface area contributed by atoms with Gasteiger partial charge in [0.2, 0.25) is 0 Å². The molecule has 0 bridgehead atoms. The van der Waals surface area contributed by atoms with Crippen molar-refractivity contribution in [3.63, 3.8) is 0 Å². The number of aliphatic carboxylic acids is 1. The van der Waals surface area contributed by atoms with Crippen molar-refractivity contribution in [3.05, 3.63) is 0 Å². The van der Waals surface area contributed by atoms with Crippen molar-refractivity contribution in [1.82, 2.24) is 5.32 Å². The van der Waals surface area contributed by atoms with E-state index in [9.17, 15) is 13.2 Å². The van der Waals surface area contributed by atoms with Gasteiger partial charge in [0.15, 0.2) is 0 Å². The Kier molecular flexibility index (Phi) is 4.19. The summed E-state index contributed by atoms with van der Waals surface area (Å²) in [5.74, 6) is -1.02. The first-order chi connectivity index (χ1) is 5.33. The maximum atomic E-state index is 10.6. The van der Waals surface area contributed by atoms with Crippen LogP contribution in [0.2, 0.25) is 0 Å². The number of nitrogens with one attached hydrogen (secondary N) is 1. The zero-order valence-corrected chi connectivity index (χ0v) is 7.89. The molecule has 0 aliphatic heterocycles. The molecule has 0 aliphatic rings. The third kappa shape index (κ3) is 6.11. The third-order valence-electron chi connectivity index (χ3n) is 1.29. The van der Waals surface area contributed by atoms with E-state index in [1.54, 1.807) is 0 Å². The molecule has 72 valence electrons. The fourth-order valence-electron chi connectivity index (χ4n) is 0.548. The van der Waals surface area contributed by atoms with Crippen LogP contribution < -0.4 is 5.32 Å². The molecule has 5 nitrogen and oxygen atoms in total. The minimum Gasteiger partial charge on any atom is -0.480 e. The molecule has 0 heterocycles. The summed E-state index contributed by atoms with van der Waals surface area (Å²) in [6.07, 6.45) is 1.11. The van der Waals surface area contributed by atoms with Crippen LogP contribution >= 0.6 is 0 Å². The highest BCUT2D eigenvalue weighted by Gasteiger charge is 2.10. The van der Waals surface area contributed by atoms with Gasteiger partial charge in [0.25, 0.3) is 0 Å². The number of carbonyl (C=O) groups is 1. The van der Waals surface area contributed by atoms with Crippen molar-refractivity contribution >= 4 is 15.8 Å². The monoisotopic (exact) mass is 195 g/mol. The molecule has 0 aromatic heterocycles. The Bertz CT molecular complexity index is 246. The van der Waals surface area contributed by atoms with Gasteiger partial charge >= 0.3 is 5.97 Å². The van der Waals surface area contributed by atoms with E-state index in [2.05, 4.69) is 5.32 Å². The molecule has 0 aromatic rings. The first-order valence-electron chi connectivity index (χ1n) is 3.47. The van der Waals surface area contributed by atoms with Gasteiger partial charge in [-0.25, -0.2) is 8.42 Å². The number of carboxylic acids is 1. The van der Waals surface area contributed by atoms with Crippen molar-refractivity contribution < 1.29 is 18.3 Å². The lowest BCUT2D eigenvalue weighted by Crippen LogP contribution is -2.36. The smallest absolute Gasteiger partial charge is 0.320 e. The van der Waals surface area contributed by atoms with Crippen LogP contribution in [0.5, 0.6) is 0 Å². The highest BCUT2D eigenvalue weighted by Crippen LogP contribution is 1.83. The van der Waals surface area contributed by atoms with Gasteiger partial charge in [0.05, 0.1) is 5.75 Å². The molecule has 0 rings (SSSR count). The largest absolute Gasteiger partial charge is 0.480 e. The molecule has 0 aromatic carbocycles. The summed E-state index contributed by atoms with van der Waals surface area (Å²) in [7, 11) is -3.00. The molecule has 0 saturated heterocycles. The predicted molar refractivity (Wildman–Crippen MR) is 44.8 cm³/mol. The van der Waals surface area contributed by atoms with Crippen LogP contribution in [0.15, 0.2) is 0 Å². The zero-order valence-electron chi connectivity index (χ0n) is 7.07. The lowest BCUT2D eigenvalue weighted by molar-refractivity contribution is -0.138.